The van der Waals surface area contributed by atoms with Crippen LogP contribution in [0.3, 0.4) is 0 Å². The van der Waals surface area contributed by atoms with Gasteiger partial charge in [-0.3, -0.25) is 14.4 Å². The van der Waals surface area contributed by atoms with E-state index in [1.807, 2.05) is 0 Å². The lowest BCUT2D eigenvalue weighted by molar-refractivity contribution is -0.137. The average molecular weight is 382 g/mol. The second-order valence-corrected chi connectivity index (χ2v) is 6.72. The monoisotopic (exact) mass is 382 g/mol. The molecule has 0 saturated heterocycles. The number of anilines is 2. The normalized spacial score (nSPS) is 12.9. The van der Waals surface area contributed by atoms with Gasteiger partial charge in [0.15, 0.2) is 6.61 Å². The highest BCUT2D eigenvalue weighted by Crippen LogP contribution is 2.30. The van der Waals surface area contributed by atoms with Gasteiger partial charge in [-0.2, -0.15) is 0 Å². The first-order valence-electron chi connectivity index (χ1n) is 9.14. The first-order chi connectivity index (χ1) is 13.5. The third-order valence-corrected chi connectivity index (χ3v) is 4.28. The number of ether oxygens (including phenoxy) is 1. The molecule has 0 unspecified atom stereocenters. The molecule has 7 nitrogen and oxygen atoms in total. The summed E-state index contributed by atoms with van der Waals surface area (Å²) in [7, 11) is 0. The number of carboxylic acid groups (broad SMARTS) is 1. The molecule has 0 spiro atoms. The Hall–Kier alpha value is -3.35. The summed E-state index contributed by atoms with van der Waals surface area (Å²) in [4.78, 5) is 34.5. The molecule has 2 aromatic rings. The number of aliphatic carboxylic acids is 1. The largest absolute Gasteiger partial charge is 0.484 e. The van der Waals surface area contributed by atoms with Crippen LogP contribution in [0.1, 0.15) is 24.8 Å². The van der Waals surface area contributed by atoms with Gasteiger partial charge in [0.2, 0.25) is 5.91 Å². The van der Waals surface area contributed by atoms with Gasteiger partial charge in [-0.15, -0.1) is 0 Å². The molecular formula is C21H22N2O5. The van der Waals surface area contributed by atoms with Crippen LogP contribution in [0, 0.1) is 5.92 Å². The van der Waals surface area contributed by atoms with E-state index >= 15 is 0 Å². The topological polar surface area (TPSA) is 105 Å². The Morgan fingerprint density at radius 3 is 2.43 bits per heavy atom. The minimum absolute atomic E-state index is 0.0155. The van der Waals surface area contributed by atoms with Crippen molar-refractivity contribution in [2.24, 2.45) is 5.92 Å². The quantitative estimate of drug-likeness (QED) is 0.618. The molecule has 3 N–H and O–H groups in total. The molecule has 3 rings (SSSR count). The van der Waals surface area contributed by atoms with Crippen molar-refractivity contribution in [2.45, 2.75) is 25.7 Å². The predicted octanol–water partition coefficient (Wildman–Crippen LogP) is 3.07. The van der Waals surface area contributed by atoms with E-state index < -0.39 is 5.97 Å². The summed E-state index contributed by atoms with van der Waals surface area (Å²) < 4.78 is 5.50. The van der Waals surface area contributed by atoms with E-state index in [1.165, 1.54) is 0 Å². The van der Waals surface area contributed by atoms with Gasteiger partial charge in [0, 0.05) is 29.8 Å². The SMILES string of the molecule is O=C(O)CCc1ccc(NC(=O)COc2cccc(NC(=O)C3CC3)c2)cc1. The Morgan fingerprint density at radius 1 is 1.00 bits per heavy atom. The van der Waals surface area contributed by atoms with Gasteiger partial charge in [0.05, 0.1) is 0 Å². The Morgan fingerprint density at radius 2 is 1.75 bits per heavy atom. The van der Waals surface area contributed by atoms with E-state index in [1.54, 1.807) is 48.5 Å². The van der Waals surface area contributed by atoms with Crippen LogP contribution in [0.25, 0.3) is 0 Å². The summed E-state index contributed by atoms with van der Waals surface area (Å²) in [5.74, 6) is -0.531. The zero-order valence-electron chi connectivity index (χ0n) is 15.3. The van der Waals surface area contributed by atoms with Crippen LogP contribution in [-0.4, -0.2) is 29.5 Å². The van der Waals surface area contributed by atoms with Gasteiger partial charge in [0.25, 0.3) is 5.91 Å². The Bertz CT molecular complexity index is 859. The van der Waals surface area contributed by atoms with Gasteiger partial charge in [-0.1, -0.05) is 18.2 Å². The molecule has 1 aliphatic rings. The highest BCUT2D eigenvalue weighted by molar-refractivity contribution is 5.94. The van der Waals surface area contributed by atoms with Crippen molar-refractivity contribution in [1.82, 2.24) is 0 Å². The molecule has 0 aromatic heterocycles. The smallest absolute Gasteiger partial charge is 0.303 e. The van der Waals surface area contributed by atoms with Crippen LogP contribution in [-0.2, 0) is 20.8 Å². The molecule has 0 atom stereocenters. The number of amides is 2. The Labute approximate surface area is 162 Å². The fourth-order valence-electron chi connectivity index (χ4n) is 2.61. The number of hydrogen-bond donors (Lipinski definition) is 3. The summed E-state index contributed by atoms with van der Waals surface area (Å²) >= 11 is 0. The zero-order valence-corrected chi connectivity index (χ0v) is 15.3. The fraction of sp³-hybridized carbons (Fsp3) is 0.286. The van der Waals surface area contributed by atoms with Gasteiger partial charge < -0.3 is 20.5 Å². The first kappa shape index (κ1) is 19.4. The maximum atomic E-state index is 12.1. The molecule has 2 aromatic carbocycles. The Balaban J connectivity index is 1.46. The molecule has 7 heteroatoms. The van der Waals surface area contributed by atoms with Crippen LogP contribution < -0.4 is 15.4 Å². The lowest BCUT2D eigenvalue weighted by Crippen LogP contribution is -2.20. The second kappa shape index (κ2) is 9.03. The summed E-state index contributed by atoms with van der Waals surface area (Å²) in [5, 5.41) is 14.3. The number of carbonyl (C=O) groups excluding carboxylic acids is 2. The predicted molar refractivity (Wildman–Crippen MR) is 104 cm³/mol. The maximum Gasteiger partial charge on any atom is 0.303 e. The van der Waals surface area contributed by atoms with Crippen molar-refractivity contribution in [3.63, 3.8) is 0 Å². The van der Waals surface area contributed by atoms with E-state index in [2.05, 4.69) is 10.6 Å². The summed E-state index contributed by atoms with van der Waals surface area (Å²) in [6.45, 7) is -0.166. The molecule has 1 fully saturated rings. The number of carbonyl (C=O) groups is 3. The third kappa shape index (κ3) is 6.12. The van der Waals surface area contributed by atoms with Gasteiger partial charge in [-0.05, 0) is 49.1 Å². The molecule has 1 aliphatic carbocycles. The van der Waals surface area contributed by atoms with E-state index in [0.29, 0.717) is 23.5 Å². The van der Waals surface area contributed by atoms with E-state index in [9.17, 15) is 14.4 Å². The number of carboxylic acids is 1. The first-order valence-corrected chi connectivity index (χ1v) is 9.14. The molecule has 0 radical (unpaired) electrons. The zero-order chi connectivity index (χ0) is 19.9. The van der Waals surface area contributed by atoms with Crippen LogP contribution in [0.2, 0.25) is 0 Å². The number of nitrogens with one attached hydrogen (secondary N) is 2. The maximum absolute atomic E-state index is 12.1. The molecule has 2 amide bonds. The minimum atomic E-state index is -0.842. The number of rotatable bonds is 9. The van der Waals surface area contributed by atoms with Crippen LogP contribution in [0.5, 0.6) is 5.75 Å². The lowest BCUT2D eigenvalue weighted by Gasteiger charge is -2.10. The van der Waals surface area contributed by atoms with Crippen LogP contribution >= 0.6 is 0 Å². The number of hydrogen-bond acceptors (Lipinski definition) is 4. The number of aryl methyl sites for hydroxylation is 1. The fourth-order valence-corrected chi connectivity index (χ4v) is 2.61. The van der Waals surface area contributed by atoms with Crippen LogP contribution in [0.4, 0.5) is 11.4 Å². The van der Waals surface area contributed by atoms with Crippen molar-refractivity contribution in [3.8, 4) is 5.75 Å². The molecule has 0 bridgehead atoms. The third-order valence-electron chi connectivity index (χ3n) is 4.28. The Kier molecular flexibility index (Phi) is 6.26. The summed E-state index contributed by atoms with van der Waals surface area (Å²) in [6.07, 6.45) is 2.38. The van der Waals surface area contributed by atoms with E-state index in [0.717, 1.165) is 18.4 Å². The van der Waals surface area contributed by atoms with E-state index in [-0.39, 0.29) is 30.8 Å². The molecule has 1 saturated carbocycles. The molecule has 0 heterocycles. The highest BCUT2D eigenvalue weighted by atomic mass is 16.5. The summed E-state index contributed by atoms with van der Waals surface area (Å²) in [6, 6.07) is 14.0. The van der Waals surface area contributed by atoms with Gasteiger partial charge >= 0.3 is 5.97 Å². The van der Waals surface area contributed by atoms with Crippen molar-refractivity contribution >= 4 is 29.2 Å². The minimum Gasteiger partial charge on any atom is -0.484 e. The summed E-state index contributed by atoms with van der Waals surface area (Å²) in [5.41, 5.74) is 2.14. The van der Waals surface area contributed by atoms with Crippen molar-refractivity contribution in [2.75, 3.05) is 17.2 Å². The second-order valence-electron chi connectivity index (χ2n) is 6.72. The highest BCUT2D eigenvalue weighted by Gasteiger charge is 2.29. The van der Waals surface area contributed by atoms with E-state index in [4.69, 9.17) is 9.84 Å². The molecule has 146 valence electrons. The number of benzene rings is 2. The molecule has 28 heavy (non-hydrogen) atoms. The standard InChI is InChI=1S/C21H22N2O5/c24-19(22-16-9-4-14(5-10-16)6-11-20(25)26)13-28-18-3-1-2-17(12-18)23-21(27)15-7-8-15/h1-5,9-10,12,15H,6-8,11,13H2,(H,22,24)(H,23,27)(H,25,26). The lowest BCUT2D eigenvalue weighted by atomic mass is 10.1. The van der Waals surface area contributed by atoms with Crippen LogP contribution in [0.15, 0.2) is 48.5 Å². The van der Waals surface area contributed by atoms with Crippen molar-refractivity contribution in [3.05, 3.63) is 54.1 Å². The van der Waals surface area contributed by atoms with Gasteiger partial charge in [-0.25, -0.2) is 0 Å². The average Bonchev–Trinajstić information content (AvgIpc) is 3.51. The van der Waals surface area contributed by atoms with Crippen molar-refractivity contribution in [1.29, 1.82) is 0 Å². The van der Waals surface area contributed by atoms with Gasteiger partial charge in [0.1, 0.15) is 5.75 Å². The molecule has 0 aliphatic heterocycles. The van der Waals surface area contributed by atoms with Crippen molar-refractivity contribution < 1.29 is 24.2 Å². The molecular weight excluding hydrogens is 360 g/mol.